The van der Waals surface area contributed by atoms with Crippen molar-refractivity contribution in [2.75, 3.05) is 0 Å². The molecule has 1 amide bonds. The van der Waals surface area contributed by atoms with Crippen LogP contribution in [-0.2, 0) is 11.2 Å². The lowest BCUT2D eigenvalue weighted by molar-refractivity contribution is -0.117. The van der Waals surface area contributed by atoms with Crippen LogP contribution in [0.4, 0.5) is 0 Å². The standard InChI is InChI=1S/C21H21NO2S/c1-13-7-17(10-18(23)8-13)19-5-3-16(20-12-25-11-14(20)2)9-15(19)4-6-21(22)24/h3,5,7-12,23H,4,6H2,1-2H3,(H2,22,24). The third-order valence-corrected chi connectivity index (χ3v) is 5.15. The van der Waals surface area contributed by atoms with E-state index in [-0.39, 0.29) is 11.7 Å². The van der Waals surface area contributed by atoms with E-state index in [0.717, 1.165) is 27.8 Å². The number of thiophene rings is 1. The molecule has 0 atom stereocenters. The number of aryl methyl sites for hydroxylation is 3. The number of hydrogen-bond acceptors (Lipinski definition) is 3. The number of aromatic hydroxyl groups is 1. The Hall–Kier alpha value is -2.59. The van der Waals surface area contributed by atoms with E-state index in [0.29, 0.717) is 12.8 Å². The second-order valence-corrected chi connectivity index (χ2v) is 7.11. The van der Waals surface area contributed by atoms with Gasteiger partial charge in [0.05, 0.1) is 0 Å². The van der Waals surface area contributed by atoms with Crippen LogP contribution in [0.2, 0.25) is 0 Å². The maximum atomic E-state index is 11.3. The minimum atomic E-state index is -0.310. The fourth-order valence-electron chi connectivity index (χ4n) is 3.08. The van der Waals surface area contributed by atoms with Crippen molar-refractivity contribution in [3.05, 3.63) is 63.8 Å². The highest BCUT2D eigenvalue weighted by Gasteiger charge is 2.11. The smallest absolute Gasteiger partial charge is 0.217 e. The molecule has 3 aromatic rings. The minimum absolute atomic E-state index is 0.244. The molecule has 3 rings (SSSR count). The molecule has 0 saturated heterocycles. The Kier molecular flexibility index (Phi) is 4.91. The molecule has 0 aliphatic heterocycles. The summed E-state index contributed by atoms with van der Waals surface area (Å²) >= 11 is 1.68. The molecule has 0 unspecified atom stereocenters. The van der Waals surface area contributed by atoms with Gasteiger partial charge in [0, 0.05) is 6.42 Å². The molecule has 0 radical (unpaired) electrons. The summed E-state index contributed by atoms with van der Waals surface area (Å²) in [7, 11) is 0. The molecule has 3 N–H and O–H groups in total. The number of amides is 1. The van der Waals surface area contributed by atoms with Gasteiger partial charge in [0.1, 0.15) is 5.75 Å². The summed E-state index contributed by atoms with van der Waals surface area (Å²) in [5, 5.41) is 14.2. The molecule has 25 heavy (non-hydrogen) atoms. The molecule has 4 heteroatoms. The van der Waals surface area contributed by atoms with E-state index in [9.17, 15) is 9.90 Å². The van der Waals surface area contributed by atoms with Crippen LogP contribution in [0.25, 0.3) is 22.3 Å². The number of carbonyl (C=O) groups is 1. The van der Waals surface area contributed by atoms with Gasteiger partial charge in [0.2, 0.25) is 5.91 Å². The van der Waals surface area contributed by atoms with Crippen molar-refractivity contribution >= 4 is 17.2 Å². The first-order valence-electron chi connectivity index (χ1n) is 8.19. The number of benzene rings is 2. The largest absolute Gasteiger partial charge is 0.508 e. The molecule has 0 saturated carbocycles. The summed E-state index contributed by atoms with van der Waals surface area (Å²) in [6.45, 7) is 4.05. The number of rotatable bonds is 5. The van der Waals surface area contributed by atoms with E-state index in [4.69, 9.17) is 5.73 Å². The number of carbonyl (C=O) groups excluding carboxylic acids is 1. The lowest BCUT2D eigenvalue weighted by atomic mass is 9.92. The molecule has 2 aromatic carbocycles. The van der Waals surface area contributed by atoms with Crippen LogP contribution in [-0.4, -0.2) is 11.0 Å². The van der Waals surface area contributed by atoms with Crippen LogP contribution in [0.1, 0.15) is 23.1 Å². The topological polar surface area (TPSA) is 63.3 Å². The van der Waals surface area contributed by atoms with Gasteiger partial charge >= 0.3 is 0 Å². The van der Waals surface area contributed by atoms with Gasteiger partial charge in [-0.2, -0.15) is 11.3 Å². The average Bonchev–Trinajstić information content (AvgIpc) is 2.97. The first kappa shape index (κ1) is 17.2. The Morgan fingerprint density at radius 2 is 1.84 bits per heavy atom. The van der Waals surface area contributed by atoms with Gasteiger partial charge < -0.3 is 10.8 Å². The first-order chi connectivity index (χ1) is 11.9. The van der Waals surface area contributed by atoms with Crippen LogP contribution in [0, 0.1) is 13.8 Å². The summed E-state index contributed by atoms with van der Waals surface area (Å²) in [5.74, 6) is -0.0660. The highest BCUT2D eigenvalue weighted by molar-refractivity contribution is 7.08. The van der Waals surface area contributed by atoms with Crippen molar-refractivity contribution in [1.29, 1.82) is 0 Å². The lowest BCUT2D eigenvalue weighted by Gasteiger charge is -2.13. The van der Waals surface area contributed by atoms with Crippen molar-refractivity contribution in [2.24, 2.45) is 5.73 Å². The Balaban J connectivity index is 2.10. The Morgan fingerprint density at radius 1 is 1.04 bits per heavy atom. The third kappa shape index (κ3) is 3.91. The highest BCUT2D eigenvalue weighted by atomic mass is 32.1. The van der Waals surface area contributed by atoms with Gasteiger partial charge in [0.15, 0.2) is 0 Å². The quantitative estimate of drug-likeness (QED) is 0.692. The summed E-state index contributed by atoms with van der Waals surface area (Å²) in [4.78, 5) is 11.3. The maximum absolute atomic E-state index is 11.3. The molecule has 0 spiro atoms. The van der Waals surface area contributed by atoms with Gasteiger partial charge in [-0.15, -0.1) is 0 Å². The van der Waals surface area contributed by atoms with Crippen LogP contribution in [0.3, 0.4) is 0 Å². The monoisotopic (exact) mass is 351 g/mol. The SMILES string of the molecule is Cc1cc(O)cc(-c2ccc(-c3cscc3C)cc2CCC(N)=O)c1. The van der Waals surface area contributed by atoms with Crippen molar-refractivity contribution in [3.63, 3.8) is 0 Å². The second kappa shape index (κ2) is 7.11. The van der Waals surface area contributed by atoms with E-state index in [2.05, 4.69) is 35.9 Å². The number of phenols is 1. The zero-order valence-electron chi connectivity index (χ0n) is 14.4. The fourth-order valence-corrected chi connectivity index (χ4v) is 3.94. The van der Waals surface area contributed by atoms with E-state index in [1.54, 1.807) is 23.5 Å². The molecule has 0 aliphatic rings. The van der Waals surface area contributed by atoms with Crippen molar-refractivity contribution in [1.82, 2.24) is 0 Å². The highest BCUT2D eigenvalue weighted by Crippen LogP contribution is 2.34. The molecule has 128 valence electrons. The van der Waals surface area contributed by atoms with Crippen molar-refractivity contribution in [2.45, 2.75) is 26.7 Å². The summed E-state index contributed by atoms with van der Waals surface area (Å²) in [6, 6.07) is 11.8. The summed E-state index contributed by atoms with van der Waals surface area (Å²) in [6.07, 6.45) is 0.882. The number of nitrogens with two attached hydrogens (primary N) is 1. The first-order valence-corrected chi connectivity index (χ1v) is 9.14. The van der Waals surface area contributed by atoms with Gasteiger partial charge in [-0.3, -0.25) is 4.79 Å². The number of primary amides is 1. The Bertz CT molecular complexity index is 907. The Labute approximate surface area is 151 Å². The maximum Gasteiger partial charge on any atom is 0.217 e. The van der Waals surface area contributed by atoms with Crippen molar-refractivity contribution < 1.29 is 9.90 Å². The number of phenolic OH excluding ortho intramolecular Hbond substituents is 1. The molecular formula is C21H21NO2S. The molecule has 1 heterocycles. The van der Waals surface area contributed by atoms with E-state index in [1.807, 2.05) is 13.0 Å². The molecule has 0 bridgehead atoms. The number of hydrogen-bond donors (Lipinski definition) is 2. The van der Waals surface area contributed by atoms with Gasteiger partial charge in [-0.25, -0.2) is 0 Å². The van der Waals surface area contributed by atoms with Gasteiger partial charge in [0.25, 0.3) is 0 Å². The van der Waals surface area contributed by atoms with Gasteiger partial charge in [-0.05, 0) is 82.1 Å². The van der Waals surface area contributed by atoms with E-state index >= 15 is 0 Å². The predicted molar refractivity (Wildman–Crippen MR) is 104 cm³/mol. The minimum Gasteiger partial charge on any atom is -0.508 e. The molecule has 0 fully saturated rings. The zero-order valence-corrected chi connectivity index (χ0v) is 15.2. The van der Waals surface area contributed by atoms with Crippen LogP contribution in [0.15, 0.2) is 47.2 Å². The molecule has 3 nitrogen and oxygen atoms in total. The van der Waals surface area contributed by atoms with Crippen LogP contribution >= 0.6 is 11.3 Å². The van der Waals surface area contributed by atoms with Gasteiger partial charge in [-0.1, -0.05) is 24.3 Å². The Morgan fingerprint density at radius 3 is 2.48 bits per heavy atom. The fraction of sp³-hybridized carbons (Fsp3) is 0.190. The normalized spacial score (nSPS) is 10.8. The zero-order chi connectivity index (χ0) is 18.0. The lowest BCUT2D eigenvalue weighted by Crippen LogP contribution is -2.11. The van der Waals surface area contributed by atoms with Crippen LogP contribution < -0.4 is 5.73 Å². The van der Waals surface area contributed by atoms with Crippen LogP contribution in [0.5, 0.6) is 5.75 Å². The summed E-state index contributed by atoms with van der Waals surface area (Å²) in [5.41, 5.74) is 13.0. The van der Waals surface area contributed by atoms with E-state index < -0.39 is 0 Å². The van der Waals surface area contributed by atoms with E-state index in [1.165, 1.54) is 11.1 Å². The predicted octanol–water partition coefficient (Wildman–Crippen LogP) is 4.82. The average molecular weight is 351 g/mol. The molecular weight excluding hydrogens is 330 g/mol. The molecule has 1 aromatic heterocycles. The second-order valence-electron chi connectivity index (χ2n) is 6.36. The molecule has 0 aliphatic carbocycles. The van der Waals surface area contributed by atoms with Crippen molar-refractivity contribution in [3.8, 4) is 28.0 Å². The summed E-state index contributed by atoms with van der Waals surface area (Å²) < 4.78 is 0. The third-order valence-electron chi connectivity index (χ3n) is 4.29.